The lowest BCUT2D eigenvalue weighted by molar-refractivity contribution is -0.384. The summed E-state index contributed by atoms with van der Waals surface area (Å²) >= 11 is 0. The zero-order chi connectivity index (χ0) is 20.9. The molecule has 2 aromatic carbocycles. The number of nitrogens with zero attached hydrogens (tertiary/aromatic N) is 1. The Morgan fingerprint density at radius 2 is 1.86 bits per heavy atom. The van der Waals surface area contributed by atoms with E-state index in [0.717, 1.165) is 11.6 Å². The minimum absolute atomic E-state index is 0.00548. The number of carbonyl (C=O) groups is 1. The molecular weight excluding hydrogens is 386 g/mol. The van der Waals surface area contributed by atoms with E-state index in [9.17, 15) is 23.3 Å². The highest BCUT2D eigenvalue weighted by molar-refractivity contribution is 7.89. The largest absolute Gasteiger partial charge is 0.465 e. The molecule has 0 amide bonds. The fourth-order valence-corrected chi connectivity index (χ4v) is 3.90. The quantitative estimate of drug-likeness (QED) is 0.298. The number of non-ortho nitro benzene ring substituents is 1. The number of hydrogen-bond donors (Lipinski definition) is 2. The molecule has 0 unspecified atom stereocenters. The van der Waals surface area contributed by atoms with Crippen molar-refractivity contribution in [3.05, 3.63) is 63.2 Å². The molecule has 0 saturated heterocycles. The first kappa shape index (κ1) is 21.3. The average molecular weight is 407 g/mol. The van der Waals surface area contributed by atoms with E-state index in [1.165, 1.54) is 19.2 Å². The van der Waals surface area contributed by atoms with Gasteiger partial charge in [0.15, 0.2) is 0 Å². The van der Waals surface area contributed by atoms with Gasteiger partial charge in [0.05, 0.1) is 22.5 Å². The molecule has 10 heteroatoms. The molecule has 0 atom stereocenters. The molecule has 2 rings (SSSR count). The second kappa shape index (κ2) is 8.81. The third kappa shape index (κ3) is 5.05. The van der Waals surface area contributed by atoms with Gasteiger partial charge in [0.2, 0.25) is 10.0 Å². The summed E-state index contributed by atoms with van der Waals surface area (Å²) in [6.45, 7) is 3.73. The van der Waals surface area contributed by atoms with Crippen LogP contribution in [-0.4, -0.2) is 39.5 Å². The minimum atomic E-state index is -3.69. The first-order valence-corrected chi connectivity index (χ1v) is 9.81. The molecule has 0 heterocycles. The summed E-state index contributed by atoms with van der Waals surface area (Å²) < 4.78 is 32.1. The van der Waals surface area contributed by atoms with Gasteiger partial charge in [0, 0.05) is 30.9 Å². The molecule has 0 spiro atoms. The van der Waals surface area contributed by atoms with Crippen molar-refractivity contribution in [1.29, 1.82) is 0 Å². The van der Waals surface area contributed by atoms with E-state index in [0.29, 0.717) is 11.3 Å². The van der Waals surface area contributed by atoms with E-state index in [4.69, 9.17) is 0 Å². The molecular formula is C18H21N3O6S. The summed E-state index contributed by atoms with van der Waals surface area (Å²) in [5, 5.41) is 13.8. The molecule has 0 aliphatic rings. The van der Waals surface area contributed by atoms with Gasteiger partial charge in [0.1, 0.15) is 0 Å². The van der Waals surface area contributed by atoms with Crippen molar-refractivity contribution in [2.75, 3.05) is 25.5 Å². The highest BCUT2D eigenvalue weighted by atomic mass is 32.2. The van der Waals surface area contributed by atoms with Crippen molar-refractivity contribution in [2.24, 2.45) is 0 Å². The van der Waals surface area contributed by atoms with Gasteiger partial charge in [-0.05, 0) is 37.1 Å². The van der Waals surface area contributed by atoms with Crippen molar-refractivity contribution >= 4 is 27.4 Å². The average Bonchev–Trinajstić information content (AvgIpc) is 2.66. The number of methoxy groups -OCH3 is 1. The predicted molar refractivity (Wildman–Crippen MR) is 104 cm³/mol. The number of aryl methyl sites for hydroxylation is 2. The van der Waals surface area contributed by atoms with Crippen molar-refractivity contribution < 1.29 is 22.9 Å². The molecule has 150 valence electrons. The summed E-state index contributed by atoms with van der Waals surface area (Å²) in [6, 6.07) is 8.89. The Morgan fingerprint density at radius 1 is 1.14 bits per heavy atom. The number of anilines is 1. The fourth-order valence-electron chi connectivity index (χ4n) is 2.54. The first-order valence-electron chi connectivity index (χ1n) is 8.33. The first-order chi connectivity index (χ1) is 13.2. The van der Waals surface area contributed by atoms with Crippen molar-refractivity contribution in [2.45, 2.75) is 18.7 Å². The second-order valence-electron chi connectivity index (χ2n) is 6.07. The minimum Gasteiger partial charge on any atom is -0.465 e. The van der Waals surface area contributed by atoms with Gasteiger partial charge >= 0.3 is 5.97 Å². The van der Waals surface area contributed by atoms with Crippen LogP contribution in [0.4, 0.5) is 11.4 Å². The summed E-state index contributed by atoms with van der Waals surface area (Å²) in [4.78, 5) is 22.3. The Balaban J connectivity index is 2.08. The Labute approximate surface area is 162 Å². The lowest BCUT2D eigenvalue weighted by Gasteiger charge is -2.13. The summed E-state index contributed by atoms with van der Waals surface area (Å²) in [6.07, 6.45) is 0. The predicted octanol–water partition coefficient (Wildman–Crippen LogP) is 2.39. The number of sulfonamides is 1. The van der Waals surface area contributed by atoms with E-state index in [-0.39, 0.29) is 29.2 Å². The SMILES string of the molecule is COC(=O)c1cc([N+](=O)[O-])ccc1NCCNS(=O)(=O)c1cc(C)ccc1C. The molecule has 0 aliphatic heterocycles. The van der Waals surface area contributed by atoms with Gasteiger partial charge in [-0.15, -0.1) is 0 Å². The smallest absolute Gasteiger partial charge is 0.340 e. The third-order valence-corrected chi connectivity index (χ3v) is 5.59. The maximum Gasteiger partial charge on any atom is 0.340 e. The van der Waals surface area contributed by atoms with Crippen molar-refractivity contribution in [3.63, 3.8) is 0 Å². The van der Waals surface area contributed by atoms with Crippen LogP contribution in [-0.2, 0) is 14.8 Å². The summed E-state index contributed by atoms with van der Waals surface area (Å²) in [5.41, 5.74) is 1.52. The van der Waals surface area contributed by atoms with Crippen LogP contribution in [0.5, 0.6) is 0 Å². The van der Waals surface area contributed by atoms with Crippen molar-refractivity contribution in [3.8, 4) is 0 Å². The topological polar surface area (TPSA) is 128 Å². The molecule has 9 nitrogen and oxygen atoms in total. The van der Waals surface area contributed by atoms with Crippen LogP contribution in [0.1, 0.15) is 21.5 Å². The fraction of sp³-hybridized carbons (Fsp3) is 0.278. The molecule has 0 fully saturated rings. The normalized spacial score (nSPS) is 11.1. The molecule has 0 saturated carbocycles. The number of carbonyl (C=O) groups excluding carboxylic acids is 1. The number of esters is 1. The van der Waals surface area contributed by atoms with Crippen LogP contribution in [0.25, 0.3) is 0 Å². The van der Waals surface area contributed by atoms with Crippen LogP contribution in [0, 0.1) is 24.0 Å². The van der Waals surface area contributed by atoms with Gasteiger partial charge in [-0.2, -0.15) is 0 Å². The highest BCUT2D eigenvalue weighted by Crippen LogP contribution is 2.23. The van der Waals surface area contributed by atoms with Gasteiger partial charge in [-0.1, -0.05) is 12.1 Å². The van der Waals surface area contributed by atoms with E-state index >= 15 is 0 Å². The number of nitro benzene ring substituents is 1. The number of ether oxygens (including phenoxy) is 1. The summed E-state index contributed by atoms with van der Waals surface area (Å²) in [5.74, 6) is -0.734. The maximum atomic E-state index is 12.5. The van der Waals surface area contributed by atoms with E-state index in [1.807, 2.05) is 13.0 Å². The monoisotopic (exact) mass is 407 g/mol. The Bertz CT molecular complexity index is 1000. The van der Waals surface area contributed by atoms with Crippen LogP contribution in [0.3, 0.4) is 0 Å². The number of hydrogen-bond acceptors (Lipinski definition) is 7. The van der Waals surface area contributed by atoms with Crippen LogP contribution in [0.2, 0.25) is 0 Å². The highest BCUT2D eigenvalue weighted by Gasteiger charge is 2.18. The molecule has 0 aliphatic carbocycles. The molecule has 0 bridgehead atoms. The second-order valence-corrected chi connectivity index (χ2v) is 7.81. The maximum absolute atomic E-state index is 12.5. The molecule has 28 heavy (non-hydrogen) atoms. The lowest BCUT2D eigenvalue weighted by atomic mass is 10.1. The summed E-state index contributed by atoms with van der Waals surface area (Å²) in [7, 11) is -2.52. The zero-order valence-electron chi connectivity index (χ0n) is 15.7. The van der Waals surface area contributed by atoms with Crippen LogP contribution in [0.15, 0.2) is 41.3 Å². The van der Waals surface area contributed by atoms with Gasteiger partial charge in [0.25, 0.3) is 5.69 Å². The number of nitrogens with one attached hydrogen (secondary N) is 2. The number of nitro groups is 1. The Hall–Kier alpha value is -2.98. The van der Waals surface area contributed by atoms with Crippen LogP contribution >= 0.6 is 0 Å². The molecule has 2 N–H and O–H groups in total. The lowest BCUT2D eigenvalue weighted by Crippen LogP contribution is -2.29. The third-order valence-electron chi connectivity index (χ3n) is 3.98. The Morgan fingerprint density at radius 3 is 2.50 bits per heavy atom. The van der Waals surface area contributed by atoms with Gasteiger partial charge < -0.3 is 10.1 Å². The number of rotatable bonds is 8. The van der Waals surface area contributed by atoms with Gasteiger partial charge in [-0.3, -0.25) is 10.1 Å². The number of benzene rings is 2. The molecule has 0 radical (unpaired) electrons. The van der Waals surface area contributed by atoms with E-state index in [1.54, 1.807) is 19.1 Å². The van der Waals surface area contributed by atoms with Crippen molar-refractivity contribution in [1.82, 2.24) is 4.72 Å². The van der Waals surface area contributed by atoms with E-state index in [2.05, 4.69) is 14.8 Å². The van der Waals surface area contributed by atoms with E-state index < -0.39 is 20.9 Å². The van der Waals surface area contributed by atoms with Crippen LogP contribution < -0.4 is 10.0 Å². The Kier molecular flexibility index (Phi) is 6.71. The standard InChI is InChI=1S/C18H21N3O6S/c1-12-4-5-13(2)17(10-12)28(25,26)20-9-8-19-16-7-6-14(21(23)24)11-15(16)18(22)27-3/h4-7,10-11,19-20H,8-9H2,1-3H3. The molecule has 0 aromatic heterocycles. The molecule has 2 aromatic rings. The zero-order valence-corrected chi connectivity index (χ0v) is 16.5. The van der Waals surface area contributed by atoms with Gasteiger partial charge in [-0.25, -0.2) is 17.9 Å².